The van der Waals surface area contributed by atoms with Crippen molar-refractivity contribution >= 4 is 40.6 Å². The molecule has 2 aromatic carbocycles. The first-order valence-electron chi connectivity index (χ1n) is 10.5. The molecule has 0 bridgehead atoms. The SMILES string of the molecule is COc1ccc(CNC(=O)C(C)N(C(=O)c2snc(C(N)=O)c2N)c2ccc(C)cc2C)cc1. The van der Waals surface area contributed by atoms with Crippen molar-refractivity contribution in [2.75, 3.05) is 17.7 Å². The Hall–Kier alpha value is -3.92. The lowest BCUT2D eigenvalue weighted by molar-refractivity contribution is -0.122. The molecule has 0 radical (unpaired) electrons. The summed E-state index contributed by atoms with van der Waals surface area (Å²) in [7, 11) is 1.58. The van der Waals surface area contributed by atoms with E-state index in [1.54, 1.807) is 32.2 Å². The Bertz CT molecular complexity index is 1220. The van der Waals surface area contributed by atoms with E-state index in [-0.39, 0.29) is 28.7 Å². The first-order valence-corrected chi connectivity index (χ1v) is 11.3. The van der Waals surface area contributed by atoms with Gasteiger partial charge in [-0.15, -0.1) is 0 Å². The van der Waals surface area contributed by atoms with Crippen molar-refractivity contribution in [3.8, 4) is 5.75 Å². The summed E-state index contributed by atoms with van der Waals surface area (Å²) in [5.41, 5.74) is 14.3. The Kier molecular flexibility index (Phi) is 7.52. The van der Waals surface area contributed by atoms with Crippen LogP contribution in [0.4, 0.5) is 11.4 Å². The van der Waals surface area contributed by atoms with Gasteiger partial charge in [-0.25, -0.2) is 0 Å². The van der Waals surface area contributed by atoms with Gasteiger partial charge in [0.2, 0.25) is 5.91 Å². The van der Waals surface area contributed by atoms with E-state index >= 15 is 0 Å². The number of nitrogens with two attached hydrogens (primary N) is 2. The summed E-state index contributed by atoms with van der Waals surface area (Å²) in [6.45, 7) is 5.70. The molecule has 0 aliphatic rings. The Morgan fingerprint density at radius 1 is 1.15 bits per heavy atom. The first kappa shape index (κ1) is 24.7. The third kappa shape index (κ3) is 5.18. The van der Waals surface area contributed by atoms with E-state index < -0.39 is 17.9 Å². The summed E-state index contributed by atoms with van der Waals surface area (Å²) in [4.78, 5) is 39.7. The lowest BCUT2D eigenvalue weighted by atomic mass is 10.1. The molecular weight excluding hydrogens is 454 g/mol. The average molecular weight is 482 g/mol. The normalized spacial score (nSPS) is 11.5. The van der Waals surface area contributed by atoms with Crippen LogP contribution in [0.5, 0.6) is 5.75 Å². The topological polar surface area (TPSA) is 141 Å². The third-order valence-electron chi connectivity index (χ3n) is 5.38. The summed E-state index contributed by atoms with van der Waals surface area (Å²) in [5.74, 6) is -1.01. The monoisotopic (exact) mass is 481 g/mol. The quantitative estimate of drug-likeness (QED) is 0.452. The fourth-order valence-electron chi connectivity index (χ4n) is 3.51. The van der Waals surface area contributed by atoms with Crippen molar-refractivity contribution in [1.82, 2.24) is 9.69 Å². The Balaban J connectivity index is 1.91. The number of aromatic nitrogens is 1. The number of carbonyl (C=O) groups is 3. The zero-order valence-electron chi connectivity index (χ0n) is 19.4. The summed E-state index contributed by atoms with van der Waals surface area (Å²) >= 11 is 0.777. The predicted octanol–water partition coefficient (Wildman–Crippen LogP) is 2.80. The standard InChI is InChI=1S/C24H27N5O4S/c1-13-5-10-18(14(2)11-13)29(24(32)21-19(25)20(22(26)30)28-34-21)15(3)23(31)27-12-16-6-8-17(33-4)9-7-16/h5-11,15H,12,25H2,1-4H3,(H2,26,30)(H,27,31). The molecule has 0 spiro atoms. The molecule has 5 N–H and O–H groups in total. The molecule has 0 fully saturated rings. The number of rotatable bonds is 8. The molecule has 1 aromatic heterocycles. The van der Waals surface area contributed by atoms with Crippen LogP contribution < -0.4 is 26.4 Å². The van der Waals surface area contributed by atoms with Crippen LogP contribution in [0.3, 0.4) is 0 Å². The molecule has 0 aliphatic heterocycles. The molecule has 3 amide bonds. The number of amides is 3. The molecule has 178 valence electrons. The van der Waals surface area contributed by atoms with Crippen LogP contribution in [-0.2, 0) is 11.3 Å². The number of anilines is 2. The highest BCUT2D eigenvalue weighted by molar-refractivity contribution is 7.09. The van der Waals surface area contributed by atoms with Gasteiger partial charge < -0.3 is 21.5 Å². The lowest BCUT2D eigenvalue weighted by Gasteiger charge is -2.30. The van der Waals surface area contributed by atoms with E-state index in [0.717, 1.165) is 28.2 Å². The first-order chi connectivity index (χ1) is 16.1. The molecule has 0 aliphatic carbocycles. The molecule has 0 saturated heterocycles. The van der Waals surface area contributed by atoms with E-state index in [4.69, 9.17) is 16.2 Å². The highest BCUT2D eigenvalue weighted by atomic mass is 32.1. The second-order valence-electron chi connectivity index (χ2n) is 7.85. The second-order valence-corrected chi connectivity index (χ2v) is 8.62. The van der Waals surface area contributed by atoms with Gasteiger partial charge >= 0.3 is 0 Å². The van der Waals surface area contributed by atoms with E-state index in [2.05, 4.69) is 9.69 Å². The van der Waals surface area contributed by atoms with Crippen LogP contribution in [0.25, 0.3) is 0 Å². The second kappa shape index (κ2) is 10.3. The van der Waals surface area contributed by atoms with E-state index in [9.17, 15) is 14.4 Å². The lowest BCUT2D eigenvalue weighted by Crippen LogP contribution is -2.48. The minimum Gasteiger partial charge on any atom is -0.497 e. The van der Waals surface area contributed by atoms with Gasteiger partial charge in [-0.1, -0.05) is 29.8 Å². The number of nitrogen functional groups attached to an aromatic ring is 1. The highest BCUT2D eigenvalue weighted by Gasteiger charge is 2.32. The number of carbonyl (C=O) groups excluding carboxylic acids is 3. The Morgan fingerprint density at radius 3 is 2.38 bits per heavy atom. The van der Waals surface area contributed by atoms with Crippen molar-refractivity contribution in [2.24, 2.45) is 5.73 Å². The van der Waals surface area contributed by atoms with Crippen LogP contribution in [-0.4, -0.2) is 35.2 Å². The van der Waals surface area contributed by atoms with Crippen LogP contribution in [0.1, 0.15) is 43.8 Å². The fourth-order valence-corrected chi connectivity index (χ4v) is 4.25. The van der Waals surface area contributed by atoms with Gasteiger partial charge in [0.15, 0.2) is 5.69 Å². The zero-order chi connectivity index (χ0) is 25.0. The van der Waals surface area contributed by atoms with Crippen LogP contribution in [0, 0.1) is 13.8 Å². The molecule has 1 atom stereocenters. The maximum atomic E-state index is 13.6. The molecular formula is C24H27N5O4S. The zero-order valence-corrected chi connectivity index (χ0v) is 20.2. The van der Waals surface area contributed by atoms with Crippen molar-refractivity contribution in [1.29, 1.82) is 0 Å². The van der Waals surface area contributed by atoms with Crippen molar-refractivity contribution < 1.29 is 19.1 Å². The molecule has 0 saturated carbocycles. The van der Waals surface area contributed by atoms with Gasteiger partial charge in [0.25, 0.3) is 11.8 Å². The number of nitrogens with one attached hydrogen (secondary N) is 1. The van der Waals surface area contributed by atoms with Gasteiger partial charge in [-0.2, -0.15) is 4.37 Å². The predicted molar refractivity (Wildman–Crippen MR) is 132 cm³/mol. The van der Waals surface area contributed by atoms with Gasteiger partial charge in [-0.3, -0.25) is 19.3 Å². The number of benzene rings is 2. The molecule has 10 heteroatoms. The minimum atomic E-state index is -0.884. The third-order valence-corrected chi connectivity index (χ3v) is 6.23. The van der Waals surface area contributed by atoms with Crippen molar-refractivity contribution in [3.05, 3.63) is 69.7 Å². The number of hydrogen-bond donors (Lipinski definition) is 3. The smallest absolute Gasteiger partial charge is 0.272 e. The maximum absolute atomic E-state index is 13.6. The summed E-state index contributed by atoms with van der Waals surface area (Å²) in [5, 5.41) is 2.87. The number of methoxy groups -OCH3 is 1. The van der Waals surface area contributed by atoms with Gasteiger partial charge in [0.1, 0.15) is 16.7 Å². The summed E-state index contributed by atoms with van der Waals surface area (Å²) < 4.78 is 9.08. The summed E-state index contributed by atoms with van der Waals surface area (Å²) in [6.07, 6.45) is 0. The van der Waals surface area contributed by atoms with Crippen LogP contribution in [0.2, 0.25) is 0 Å². The molecule has 34 heavy (non-hydrogen) atoms. The average Bonchev–Trinajstić information content (AvgIpc) is 3.20. The molecule has 1 heterocycles. The largest absolute Gasteiger partial charge is 0.497 e. The molecule has 3 aromatic rings. The van der Waals surface area contributed by atoms with E-state index in [1.807, 2.05) is 38.1 Å². The Labute approximate surface area is 201 Å². The number of hydrogen-bond acceptors (Lipinski definition) is 7. The van der Waals surface area contributed by atoms with E-state index in [1.165, 1.54) is 4.90 Å². The molecule has 3 rings (SSSR count). The van der Waals surface area contributed by atoms with Crippen molar-refractivity contribution in [3.63, 3.8) is 0 Å². The van der Waals surface area contributed by atoms with Gasteiger partial charge in [0.05, 0.1) is 12.8 Å². The van der Waals surface area contributed by atoms with Crippen LogP contribution in [0.15, 0.2) is 42.5 Å². The number of nitrogens with zero attached hydrogens (tertiary/aromatic N) is 2. The van der Waals surface area contributed by atoms with Gasteiger partial charge in [0, 0.05) is 12.2 Å². The van der Waals surface area contributed by atoms with Crippen LogP contribution >= 0.6 is 11.5 Å². The fraction of sp³-hybridized carbons (Fsp3) is 0.250. The number of aryl methyl sites for hydroxylation is 2. The minimum absolute atomic E-state index is 0.0450. The Morgan fingerprint density at radius 2 is 1.82 bits per heavy atom. The van der Waals surface area contributed by atoms with E-state index in [0.29, 0.717) is 11.4 Å². The van der Waals surface area contributed by atoms with Gasteiger partial charge in [-0.05, 0) is 61.6 Å². The number of primary amides is 1. The summed E-state index contributed by atoms with van der Waals surface area (Å²) in [6, 6.07) is 12.0. The number of ether oxygens (including phenoxy) is 1. The molecule has 1 unspecified atom stereocenters. The molecule has 9 nitrogen and oxygen atoms in total. The van der Waals surface area contributed by atoms with Crippen molar-refractivity contribution in [2.45, 2.75) is 33.4 Å². The highest BCUT2D eigenvalue weighted by Crippen LogP contribution is 2.30. The maximum Gasteiger partial charge on any atom is 0.272 e.